The van der Waals surface area contributed by atoms with Gasteiger partial charge in [-0.25, -0.2) is 4.39 Å². The Morgan fingerprint density at radius 3 is 2.38 bits per heavy atom. The third-order valence-electron chi connectivity index (χ3n) is 5.38. The number of hydrogen-bond acceptors (Lipinski definition) is 4. The third kappa shape index (κ3) is 4.52. The zero-order chi connectivity index (χ0) is 22.5. The number of ketones is 1. The van der Waals surface area contributed by atoms with Gasteiger partial charge in [-0.1, -0.05) is 42.5 Å². The van der Waals surface area contributed by atoms with Crippen molar-refractivity contribution in [2.75, 3.05) is 0 Å². The number of benzene rings is 1. The van der Waals surface area contributed by atoms with Crippen LogP contribution in [0.4, 0.5) is 4.39 Å². The number of aromatic nitrogens is 3. The quantitative estimate of drug-likeness (QED) is 0.364. The minimum atomic E-state index is -0.481. The van der Waals surface area contributed by atoms with Crippen molar-refractivity contribution in [3.8, 4) is 11.3 Å². The van der Waals surface area contributed by atoms with Crippen LogP contribution < -0.4 is 0 Å². The molecular weight excluding hydrogens is 401 g/mol. The summed E-state index contributed by atoms with van der Waals surface area (Å²) < 4.78 is 13.7. The third-order valence-corrected chi connectivity index (χ3v) is 5.38. The number of rotatable bonds is 6. The SMILES string of the molecule is C/C=C(/c1ccc(-c2ccccn2)cc1)c1ccc(CC(=O)c2cncc(F)c2C)nc1. The molecule has 0 aliphatic heterocycles. The van der Waals surface area contributed by atoms with Gasteiger partial charge < -0.3 is 0 Å². The van der Waals surface area contributed by atoms with E-state index in [2.05, 4.69) is 39.2 Å². The Labute approximate surface area is 186 Å². The fraction of sp³-hybridized carbons (Fsp3) is 0.111. The normalized spacial score (nSPS) is 11.4. The summed E-state index contributed by atoms with van der Waals surface area (Å²) in [5.41, 5.74) is 6.29. The smallest absolute Gasteiger partial charge is 0.170 e. The van der Waals surface area contributed by atoms with Crippen LogP contribution in [0.25, 0.3) is 16.8 Å². The lowest BCUT2D eigenvalue weighted by Gasteiger charge is -2.10. The molecule has 0 unspecified atom stereocenters. The molecule has 0 saturated heterocycles. The molecule has 4 aromatic rings. The summed E-state index contributed by atoms with van der Waals surface area (Å²) in [6.45, 7) is 3.57. The Hall–Kier alpha value is -3.99. The largest absolute Gasteiger partial charge is 0.294 e. The van der Waals surface area contributed by atoms with Crippen LogP contribution in [-0.2, 0) is 6.42 Å². The highest BCUT2D eigenvalue weighted by Gasteiger charge is 2.14. The van der Waals surface area contributed by atoms with Crippen molar-refractivity contribution in [2.45, 2.75) is 20.3 Å². The van der Waals surface area contributed by atoms with Gasteiger partial charge in [-0.05, 0) is 48.7 Å². The van der Waals surface area contributed by atoms with Gasteiger partial charge in [0.1, 0.15) is 5.82 Å². The molecule has 0 aliphatic rings. The summed E-state index contributed by atoms with van der Waals surface area (Å²) in [7, 11) is 0. The van der Waals surface area contributed by atoms with E-state index in [1.807, 2.05) is 43.3 Å². The van der Waals surface area contributed by atoms with Crippen LogP contribution in [0, 0.1) is 12.7 Å². The molecule has 1 aromatic carbocycles. The van der Waals surface area contributed by atoms with E-state index < -0.39 is 5.82 Å². The molecule has 3 heterocycles. The predicted octanol–water partition coefficient (Wildman–Crippen LogP) is 5.86. The van der Waals surface area contributed by atoms with Gasteiger partial charge in [0.15, 0.2) is 5.78 Å². The molecule has 3 aromatic heterocycles. The Morgan fingerprint density at radius 2 is 1.72 bits per heavy atom. The number of pyridine rings is 3. The maximum absolute atomic E-state index is 13.7. The van der Waals surface area contributed by atoms with Crippen molar-refractivity contribution in [1.82, 2.24) is 15.0 Å². The first-order valence-corrected chi connectivity index (χ1v) is 10.3. The van der Waals surface area contributed by atoms with E-state index >= 15 is 0 Å². The Bertz CT molecular complexity index is 1260. The standard InChI is InChI=1S/C27H22FN3O/c1-3-23(19-7-9-20(10-8-19)26-6-4-5-13-30-26)21-11-12-22(31-15-21)14-27(32)24-16-29-17-25(28)18(24)2/h3-13,15-17H,14H2,1-2H3/b23-3-. The zero-order valence-electron chi connectivity index (χ0n) is 17.9. The first-order valence-electron chi connectivity index (χ1n) is 10.3. The van der Waals surface area contributed by atoms with Crippen LogP contribution >= 0.6 is 0 Å². The minimum absolute atomic E-state index is 0.0935. The highest BCUT2D eigenvalue weighted by Crippen LogP contribution is 2.26. The van der Waals surface area contributed by atoms with Crippen LogP contribution in [0.5, 0.6) is 0 Å². The first kappa shape index (κ1) is 21.2. The minimum Gasteiger partial charge on any atom is -0.294 e. The summed E-state index contributed by atoms with van der Waals surface area (Å²) in [4.78, 5) is 25.2. The number of carbonyl (C=O) groups is 1. The second-order valence-corrected chi connectivity index (χ2v) is 7.43. The van der Waals surface area contributed by atoms with E-state index in [0.717, 1.165) is 34.2 Å². The molecule has 5 heteroatoms. The zero-order valence-corrected chi connectivity index (χ0v) is 17.9. The Kier molecular flexibility index (Phi) is 6.26. The molecule has 4 nitrogen and oxygen atoms in total. The lowest BCUT2D eigenvalue weighted by Crippen LogP contribution is -2.09. The maximum Gasteiger partial charge on any atom is 0.170 e. The average Bonchev–Trinajstić information content (AvgIpc) is 2.83. The lowest BCUT2D eigenvalue weighted by molar-refractivity contribution is 0.0990. The van der Waals surface area contributed by atoms with Gasteiger partial charge in [0.05, 0.1) is 18.3 Å². The molecule has 0 aliphatic carbocycles. The van der Waals surface area contributed by atoms with Crippen molar-refractivity contribution >= 4 is 11.4 Å². The monoisotopic (exact) mass is 423 g/mol. The van der Waals surface area contributed by atoms with Gasteiger partial charge in [-0.3, -0.25) is 19.7 Å². The molecule has 4 rings (SSSR count). The van der Waals surface area contributed by atoms with Crippen LogP contribution in [-0.4, -0.2) is 20.7 Å². The average molecular weight is 423 g/mol. The Morgan fingerprint density at radius 1 is 0.938 bits per heavy atom. The van der Waals surface area contributed by atoms with E-state index in [4.69, 9.17) is 0 Å². The van der Waals surface area contributed by atoms with Crippen LogP contribution in [0.15, 0.2) is 85.5 Å². The number of allylic oxidation sites excluding steroid dienone is 1. The molecule has 0 atom stereocenters. The van der Waals surface area contributed by atoms with E-state index in [1.165, 1.54) is 6.20 Å². The molecule has 158 valence electrons. The summed E-state index contributed by atoms with van der Waals surface area (Å²) in [6, 6.07) is 17.9. The predicted molar refractivity (Wildman–Crippen MR) is 124 cm³/mol. The summed E-state index contributed by atoms with van der Waals surface area (Å²) in [6.07, 6.45) is 8.20. The van der Waals surface area contributed by atoms with Crippen molar-refractivity contribution < 1.29 is 9.18 Å². The van der Waals surface area contributed by atoms with Crippen molar-refractivity contribution in [2.24, 2.45) is 0 Å². The number of halogens is 1. The summed E-state index contributed by atoms with van der Waals surface area (Å²) >= 11 is 0. The molecule has 0 saturated carbocycles. The van der Waals surface area contributed by atoms with Crippen LogP contribution in [0.1, 0.15) is 39.7 Å². The van der Waals surface area contributed by atoms with Gasteiger partial charge in [-0.15, -0.1) is 0 Å². The molecule has 32 heavy (non-hydrogen) atoms. The molecule has 0 N–H and O–H groups in total. The van der Waals surface area contributed by atoms with Crippen LogP contribution in [0.2, 0.25) is 0 Å². The second kappa shape index (κ2) is 9.43. The number of nitrogens with zero attached hydrogens (tertiary/aromatic N) is 3. The van der Waals surface area contributed by atoms with Gasteiger partial charge in [0, 0.05) is 41.0 Å². The molecule has 0 spiro atoms. The number of hydrogen-bond donors (Lipinski definition) is 0. The molecule has 0 bridgehead atoms. The van der Waals surface area contributed by atoms with Crippen molar-refractivity contribution in [1.29, 1.82) is 0 Å². The second-order valence-electron chi connectivity index (χ2n) is 7.43. The van der Waals surface area contributed by atoms with Gasteiger partial charge in [0.25, 0.3) is 0 Å². The first-order chi connectivity index (χ1) is 15.6. The van der Waals surface area contributed by atoms with Crippen molar-refractivity contribution in [3.63, 3.8) is 0 Å². The molecule has 0 radical (unpaired) electrons. The highest BCUT2D eigenvalue weighted by molar-refractivity contribution is 5.98. The summed E-state index contributed by atoms with van der Waals surface area (Å²) in [5.74, 6) is -0.683. The molecule has 0 amide bonds. The summed E-state index contributed by atoms with van der Waals surface area (Å²) in [5, 5.41) is 0. The topological polar surface area (TPSA) is 55.7 Å². The Balaban J connectivity index is 1.51. The molecule has 0 fully saturated rings. The maximum atomic E-state index is 13.7. The highest BCUT2D eigenvalue weighted by atomic mass is 19.1. The van der Waals surface area contributed by atoms with Crippen molar-refractivity contribution in [3.05, 3.63) is 119 Å². The van der Waals surface area contributed by atoms with E-state index in [0.29, 0.717) is 11.3 Å². The number of carbonyl (C=O) groups excluding carboxylic acids is 1. The van der Waals surface area contributed by atoms with Gasteiger partial charge in [0.2, 0.25) is 0 Å². The van der Waals surface area contributed by atoms with Crippen LogP contribution in [0.3, 0.4) is 0 Å². The number of Topliss-reactive ketones (excluding diaryl/α,β-unsaturated/α-hetero) is 1. The van der Waals surface area contributed by atoms with E-state index in [1.54, 1.807) is 19.3 Å². The van der Waals surface area contributed by atoms with Gasteiger partial charge >= 0.3 is 0 Å². The molecular formula is C27H22FN3O. The van der Waals surface area contributed by atoms with E-state index in [-0.39, 0.29) is 17.8 Å². The lowest BCUT2D eigenvalue weighted by atomic mass is 9.97. The fourth-order valence-electron chi connectivity index (χ4n) is 3.58. The fourth-order valence-corrected chi connectivity index (χ4v) is 3.58. The van der Waals surface area contributed by atoms with E-state index in [9.17, 15) is 9.18 Å². The van der Waals surface area contributed by atoms with Gasteiger partial charge in [-0.2, -0.15) is 0 Å².